The molecule has 1 saturated carbocycles. The maximum Gasteiger partial charge on any atom is 0.0443 e. The predicted molar refractivity (Wildman–Crippen MR) is 137 cm³/mol. The van der Waals surface area contributed by atoms with Crippen LogP contribution < -0.4 is 0 Å². The van der Waals surface area contributed by atoms with Crippen LogP contribution in [0.15, 0.2) is 42.5 Å². The summed E-state index contributed by atoms with van der Waals surface area (Å²) < 4.78 is 0. The van der Waals surface area contributed by atoms with Crippen molar-refractivity contribution in [2.24, 2.45) is 5.92 Å². The molecule has 3 rings (SSSR count). The molecular weight excluding hydrogens is 396 g/mol. The molecule has 170 valence electrons. The minimum absolute atomic E-state index is 0.671. The Morgan fingerprint density at radius 2 is 1.26 bits per heavy atom. The minimum atomic E-state index is 0.671. The molecule has 31 heavy (non-hydrogen) atoms. The van der Waals surface area contributed by atoms with Gasteiger partial charge in [0.1, 0.15) is 0 Å². The molecule has 0 bridgehead atoms. The van der Waals surface area contributed by atoms with Crippen molar-refractivity contribution in [3.05, 3.63) is 69.7 Å². The van der Waals surface area contributed by atoms with Gasteiger partial charge in [0.15, 0.2) is 0 Å². The Kier molecular flexibility index (Phi) is 10.5. The molecule has 0 aliphatic heterocycles. The summed E-state index contributed by atoms with van der Waals surface area (Å²) in [7, 11) is 0. The van der Waals surface area contributed by atoms with E-state index in [1.165, 1.54) is 99.3 Å². The summed E-state index contributed by atoms with van der Waals surface area (Å²) in [4.78, 5) is 0. The summed E-state index contributed by atoms with van der Waals surface area (Å²) in [5.74, 6) is 1.63. The Bertz CT molecular complexity index is 752. The molecule has 0 N–H and O–H groups in total. The van der Waals surface area contributed by atoms with E-state index in [0.29, 0.717) is 5.92 Å². The summed E-state index contributed by atoms with van der Waals surface area (Å²) in [5, 5.41) is 0.998. The minimum Gasteiger partial charge on any atom is -0.0840 e. The van der Waals surface area contributed by atoms with Crippen LogP contribution in [0.25, 0.3) is 0 Å². The molecule has 0 nitrogen and oxygen atoms in total. The molecule has 1 aliphatic rings. The van der Waals surface area contributed by atoms with Gasteiger partial charge in [-0.05, 0) is 91.5 Å². The molecule has 0 unspecified atom stereocenters. The van der Waals surface area contributed by atoms with E-state index in [-0.39, 0.29) is 0 Å². The van der Waals surface area contributed by atoms with Gasteiger partial charge in [0, 0.05) is 5.02 Å². The van der Waals surface area contributed by atoms with E-state index in [2.05, 4.69) is 56.3 Å². The van der Waals surface area contributed by atoms with E-state index in [0.717, 1.165) is 23.8 Å². The van der Waals surface area contributed by atoms with Crippen molar-refractivity contribution in [3.8, 4) is 0 Å². The number of unbranched alkanes of at least 4 members (excludes halogenated alkanes) is 4. The van der Waals surface area contributed by atoms with E-state index in [1.54, 1.807) is 0 Å². The molecular formula is C30H43Cl. The van der Waals surface area contributed by atoms with Crippen molar-refractivity contribution in [3.63, 3.8) is 0 Å². The van der Waals surface area contributed by atoms with E-state index in [4.69, 9.17) is 11.6 Å². The van der Waals surface area contributed by atoms with Gasteiger partial charge in [-0.25, -0.2) is 0 Å². The van der Waals surface area contributed by atoms with Gasteiger partial charge in [-0.15, -0.1) is 0 Å². The van der Waals surface area contributed by atoms with Gasteiger partial charge in [0.2, 0.25) is 0 Å². The highest BCUT2D eigenvalue weighted by Crippen LogP contribution is 2.40. The summed E-state index contributed by atoms with van der Waals surface area (Å²) in [6.45, 7) is 4.57. The first-order valence-electron chi connectivity index (χ1n) is 13.1. The van der Waals surface area contributed by atoms with Crippen LogP contribution in [-0.2, 0) is 19.3 Å². The van der Waals surface area contributed by atoms with Crippen molar-refractivity contribution in [2.45, 2.75) is 110 Å². The summed E-state index contributed by atoms with van der Waals surface area (Å²) in [6.07, 6.45) is 18.3. The number of aryl methyl sites for hydroxylation is 3. The molecule has 1 heteroatoms. The van der Waals surface area contributed by atoms with Gasteiger partial charge in [0.05, 0.1) is 0 Å². The molecule has 0 radical (unpaired) electrons. The molecule has 0 spiro atoms. The molecule has 0 saturated heterocycles. The third-order valence-corrected chi connectivity index (χ3v) is 7.69. The Labute approximate surface area is 196 Å². The Morgan fingerprint density at radius 3 is 1.90 bits per heavy atom. The van der Waals surface area contributed by atoms with Crippen molar-refractivity contribution in [1.29, 1.82) is 0 Å². The van der Waals surface area contributed by atoms with Gasteiger partial charge >= 0.3 is 0 Å². The average molecular weight is 439 g/mol. The quantitative estimate of drug-likeness (QED) is 0.289. The summed E-state index contributed by atoms with van der Waals surface area (Å²) in [5.41, 5.74) is 5.67. The van der Waals surface area contributed by atoms with E-state index in [9.17, 15) is 0 Å². The van der Waals surface area contributed by atoms with Gasteiger partial charge in [-0.1, -0.05) is 100 Å². The molecule has 2 aromatic rings. The number of rotatable bonds is 12. The molecule has 0 atom stereocenters. The smallest absolute Gasteiger partial charge is 0.0443 e. The van der Waals surface area contributed by atoms with Crippen LogP contribution in [0.3, 0.4) is 0 Å². The van der Waals surface area contributed by atoms with Gasteiger partial charge in [0.25, 0.3) is 0 Å². The SMILES string of the molecule is CCCCCc1ccc(CCc2ccc(C3CCC(CCCCC)CC3)c(Cl)c2)cc1. The van der Waals surface area contributed by atoms with Crippen molar-refractivity contribution < 1.29 is 0 Å². The standard InChI is InChI=1S/C30H43Cl/c1-3-5-7-9-24-11-13-26(14-12-24)15-16-27-19-22-29(30(31)23-27)28-20-17-25(18-21-28)10-8-6-4-2/h11-14,19,22-23,25,28H,3-10,15-18,20-21H2,1-2H3. The Morgan fingerprint density at radius 1 is 0.677 bits per heavy atom. The Balaban J connectivity index is 1.46. The maximum atomic E-state index is 6.76. The van der Waals surface area contributed by atoms with Gasteiger partial charge in [-0.2, -0.15) is 0 Å². The van der Waals surface area contributed by atoms with Crippen molar-refractivity contribution >= 4 is 11.6 Å². The third-order valence-electron chi connectivity index (χ3n) is 7.36. The molecule has 0 heterocycles. The van der Waals surface area contributed by atoms with Crippen molar-refractivity contribution in [1.82, 2.24) is 0 Å². The van der Waals surface area contributed by atoms with Crippen LogP contribution in [-0.4, -0.2) is 0 Å². The first kappa shape index (κ1) is 24.4. The lowest BCUT2D eigenvalue weighted by molar-refractivity contribution is 0.303. The van der Waals surface area contributed by atoms with Gasteiger partial charge < -0.3 is 0 Å². The number of halogens is 1. The summed E-state index contributed by atoms with van der Waals surface area (Å²) >= 11 is 6.76. The monoisotopic (exact) mass is 438 g/mol. The normalized spacial score (nSPS) is 18.9. The first-order chi connectivity index (χ1) is 15.2. The second-order valence-corrected chi connectivity index (χ2v) is 10.3. The van der Waals surface area contributed by atoms with Crippen LogP contribution in [0.2, 0.25) is 5.02 Å². The fraction of sp³-hybridized carbons (Fsp3) is 0.600. The lowest BCUT2D eigenvalue weighted by Gasteiger charge is -2.29. The Hall–Kier alpha value is -1.27. The zero-order valence-corrected chi connectivity index (χ0v) is 20.7. The average Bonchev–Trinajstić information content (AvgIpc) is 2.80. The number of benzene rings is 2. The zero-order valence-electron chi connectivity index (χ0n) is 20.0. The predicted octanol–water partition coefficient (Wildman–Crippen LogP) is 9.71. The second-order valence-electron chi connectivity index (χ2n) is 9.84. The molecule has 1 aliphatic carbocycles. The lowest BCUT2D eigenvalue weighted by Crippen LogP contribution is -2.13. The second kappa shape index (κ2) is 13.3. The van der Waals surface area contributed by atoms with Crippen LogP contribution in [0.5, 0.6) is 0 Å². The highest BCUT2D eigenvalue weighted by atomic mass is 35.5. The fourth-order valence-electron chi connectivity index (χ4n) is 5.24. The van der Waals surface area contributed by atoms with E-state index >= 15 is 0 Å². The summed E-state index contributed by atoms with van der Waals surface area (Å²) in [6, 6.07) is 16.2. The topological polar surface area (TPSA) is 0 Å². The van der Waals surface area contributed by atoms with Gasteiger partial charge in [-0.3, -0.25) is 0 Å². The molecule has 1 fully saturated rings. The van der Waals surface area contributed by atoms with E-state index < -0.39 is 0 Å². The molecule has 0 aromatic heterocycles. The highest BCUT2D eigenvalue weighted by molar-refractivity contribution is 6.31. The van der Waals surface area contributed by atoms with Crippen LogP contribution in [0, 0.1) is 5.92 Å². The third kappa shape index (κ3) is 7.98. The number of hydrogen-bond acceptors (Lipinski definition) is 0. The van der Waals surface area contributed by atoms with Crippen LogP contribution in [0.1, 0.15) is 113 Å². The highest BCUT2D eigenvalue weighted by Gasteiger charge is 2.23. The zero-order chi connectivity index (χ0) is 21.9. The number of hydrogen-bond donors (Lipinski definition) is 0. The largest absolute Gasteiger partial charge is 0.0840 e. The first-order valence-corrected chi connectivity index (χ1v) is 13.4. The van der Waals surface area contributed by atoms with Crippen LogP contribution >= 0.6 is 11.6 Å². The fourth-order valence-corrected chi connectivity index (χ4v) is 5.60. The van der Waals surface area contributed by atoms with E-state index in [1.807, 2.05) is 0 Å². The molecule has 2 aromatic carbocycles. The maximum absolute atomic E-state index is 6.76. The lowest BCUT2D eigenvalue weighted by atomic mass is 9.77. The van der Waals surface area contributed by atoms with Crippen LogP contribution in [0.4, 0.5) is 0 Å². The van der Waals surface area contributed by atoms with Crippen molar-refractivity contribution in [2.75, 3.05) is 0 Å². The molecule has 0 amide bonds.